The van der Waals surface area contributed by atoms with Gasteiger partial charge < -0.3 is 39.6 Å². The van der Waals surface area contributed by atoms with Crippen molar-refractivity contribution in [1.29, 1.82) is 0 Å². The Morgan fingerprint density at radius 3 is 1.46 bits per heavy atom. The van der Waals surface area contributed by atoms with Gasteiger partial charge in [-0.1, -0.05) is 12.1 Å². The van der Waals surface area contributed by atoms with Crippen LogP contribution in [0.3, 0.4) is 0 Å². The van der Waals surface area contributed by atoms with Crippen LogP contribution < -0.4 is 226 Å². The van der Waals surface area contributed by atoms with E-state index in [-0.39, 0.29) is 211 Å². The minimum atomic E-state index is -1.93. The molecule has 0 radical (unpaired) electrons. The van der Waals surface area contributed by atoms with Crippen LogP contribution in [0.4, 0.5) is 0 Å². The van der Waals surface area contributed by atoms with E-state index in [9.17, 15) is 39.6 Å². The van der Waals surface area contributed by atoms with Crippen molar-refractivity contribution in [1.82, 2.24) is 0 Å². The Morgan fingerprint density at radius 2 is 1.08 bits per heavy atom. The van der Waals surface area contributed by atoms with Crippen molar-refractivity contribution in [2.45, 2.75) is 0 Å². The number of rotatable bonds is 4. The van der Waals surface area contributed by atoms with E-state index in [0.717, 1.165) is 24.3 Å². The first-order valence-electron chi connectivity index (χ1n) is 5.70. The van der Waals surface area contributed by atoms with Crippen LogP contribution in [0.1, 0.15) is 41.4 Å². The average Bonchev–Trinajstić information content (AvgIpc) is 2.43. The van der Waals surface area contributed by atoms with E-state index in [2.05, 4.69) is 0 Å². The first-order chi connectivity index (χ1) is 10.2. The third-order valence-electron chi connectivity index (χ3n) is 3.02. The molecule has 0 atom stereocenters. The second kappa shape index (κ2) is 15.0. The van der Waals surface area contributed by atoms with Crippen LogP contribution in [-0.2, 0) is 0 Å². The fourth-order valence-electron chi connectivity index (χ4n) is 2.11. The summed E-state index contributed by atoms with van der Waals surface area (Å²) >= 11 is 0. The van der Waals surface area contributed by atoms with E-state index >= 15 is 0 Å². The van der Waals surface area contributed by atoms with Gasteiger partial charge in [-0.05, 0) is 28.5 Å². The molecular weight excluding hydrogens is 453 g/mol. The molecule has 0 aromatic heterocycles. The molecule has 0 saturated carbocycles. The molecule has 0 fully saturated rings. The van der Waals surface area contributed by atoms with Crippen LogP contribution in [0.2, 0.25) is 0 Å². The number of benzene rings is 2. The third kappa shape index (κ3) is 7.99. The fraction of sp³-hybridized carbons (Fsp3) is 0. The monoisotopic (exact) mass is 456 g/mol. The number of aromatic carboxylic acids is 4. The Bertz CT molecular complexity index is 866. The number of carbonyl (C=O) groups is 4. The first-order valence-corrected chi connectivity index (χ1v) is 5.70. The van der Waals surface area contributed by atoms with Gasteiger partial charge in [0.05, 0.1) is 23.9 Å². The molecule has 0 aliphatic heterocycles. The van der Waals surface area contributed by atoms with E-state index in [1.165, 1.54) is 0 Å². The maximum absolute atomic E-state index is 11.2. The number of fused-ring (bicyclic) bond motifs is 1. The largest absolute Gasteiger partial charge is 1.00 e. The van der Waals surface area contributed by atoms with Crippen molar-refractivity contribution in [2.75, 3.05) is 0 Å². The Balaban J connectivity index is -0.00000132. The molecule has 0 heterocycles. The van der Waals surface area contributed by atoms with Gasteiger partial charge in [-0.2, -0.15) is 0 Å². The molecule has 0 aliphatic rings. The normalized spacial score (nSPS) is 8.77. The van der Waals surface area contributed by atoms with Gasteiger partial charge in [0.25, 0.3) is 0 Å². The van der Waals surface area contributed by atoms with Crippen molar-refractivity contribution in [3.63, 3.8) is 0 Å². The van der Waals surface area contributed by atoms with Crippen molar-refractivity contribution >= 4 is 34.6 Å². The molecular formula is C14H4K4O8. The molecule has 0 spiro atoms. The van der Waals surface area contributed by atoms with Gasteiger partial charge in [0.2, 0.25) is 0 Å². The van der Waals surface area contributed by atoms with Gasteiger partial charge in [0.1, 0.15) is 0 Å². The van der Waals surface area contributed by atoms with E-state index in [1.807, 2.05) is 0 Å². The molecule has 26 heavy (non-hydrogen) atoms. The molecule has 0 unspecified atom stereocenters. The number of hydrogen-bond donors (Lipinski definition) is 0. The van der Waals surface area contributed by atoms with Gasteiger partial charge in [-0.3, -0.25) is 0 Å². The summed E-state index contributed by atoms with van der Waals surface area (Å²) in [6, 6.07) is 3.35. The van der Waals surface area contributed by atoms with Gasteiger partial charge in [0, 0.05) is 16.7 Å². The maximum atomic E-state index is 11.2. The molecule has 2 rings (SSSR count). The SMILES string of the molecule is O=C([O-])c1cc(C(=O)[O-])c2ccc(C(=O)[O-])c(C(=O)[O-])c2c1.[K+].[K+].[K+].[K+]. The van der Waals surface area contributed by atoms with Crippen LogP contribution in [0.15, 0.2) is 24.3 Å². The van der Waals surface area contributed by atoms with E-state index in [4.69, 9.17) is 0 Å². The molecule has 0 amide bonds. The minimum Gasteiger partial charge on any atom is -0.545 e. The standard InChI is InChI=1S/C14H8O8.4K/c15-11(16)5-3-8-6(9(4-5)13(19)20)1-2-7(12(17)18)10(8)14(21)22;;;;/h1-4H,(H,15,16)(H,17,18)(H,19,20)(H,21,22);;;;/q;4*+1/p-4. The molecule has 2 aromatic rings. The summed E-state index contributed by atoms with van der Waals surface area (Å²) in [4.78, 5) is 44.1. The molecule has 12 heteroatoms. The maximum Gasteiger partial charge on any atom is 1.00 e. The molecule has 8 nitrogen and oxygen atoms in total. The summed E-state index contributed by atoms with van der Waals surface area (Å²) in [5, 5.41) is 43.4. The molecule has 2 aromatic carbocycles. The van der Waals surface area contributed by atoms with Crippen LogP contribution >= 0.6 is 0 Å². The summed E-state index contributed by atoms with van der Waals surface area (Å²) in [6.45, 7) is 0. The Kier molecular flexibility index (Phi) is 19.5. The second-order valence-electron chi connectivity index (χ2n) is 4.26. The summed E-state index contributed by atoms with van der Waals surface area (Å²) in [7, 11) is 0. The first kappa shape index (κ1) is 33.8. The summed E-state index contributed by atoms with van der Waals surface area (Å²) < 4.78 is 0. The van der Waals surface area contributed by atoms with E-state index < -0.39 is 51.5 Å². The summed E-state index contributed by atoms with van der Waals surface area (Å²) in [6.07, 6.45) is 0. The van der Waals surface area contributed by atoms with Crippen molar-refractivity contribution in [2.24, 2.45) is 0 Å². The average molecular weight is 457 g/mol. The zero-order valence-electron chi connectivity index (χ0n) is 14.6. The number of carboxylic acid groups (broad SMARTS) is 4. The molecule has 112 valence electrons. The zero-order chi connectivity index (χ0) is 16.6. The van der Waals surface area contributed by atoms with Crippen LogP contribution in [0, 0.1) is 0 Å². The predicted octanol–water partition coefficient (Wildman–Crippen LogP) is -15.7. The second-order valence-corrected chi connectivity index (χ2v) is 4.26. The van der Waals surface area contributed by atoms with Gasteiger partial charge in [-0.25, -0.2) is 0 Å². The van der Waals surface area contributed by atoms with Gasteiger partial charge in [0.15, 0.2) is 0 Å². The topological polar surface area (TPSA) is 161 Å². The number of carboxylic acids is 4. The smallest absolute Gasteiger partial charge is 0.545 e. The van der Waals surface area contributed by atoms with Gasteiger partial charge in [-0.15, -0.1) is 0 Å². The predicted molar refractivity (Wildman–Crippen MR) is 61.3 cm³/mol. The van der Waals surface area contributed by atoms with Crippen LogP contribution in [0.25, 0.3) is 10.8 Å². The number of carbonyl (C=O) groups excluding carboxylic acids is 4. The summed E-state index contributed by atoms with van der Waals surface area (Å²) in [5.74, 6) is -7.30. The molecule has 0 aliphatic carbocycles. The Labute approximate surface area is 317 Å². The Hall–Kier alpha value is 3.13. The van der Waals surface area contributed by atoms with Gasteiger partial charge >= 0.3 is 206 Å². The quantitative estimate of drug-likeness (QED) is 0.410. The minimum absolute atomic E-state index is 0. The Morgan fingerprint density at radius 1 is 0.577 bits per heavy atom. The number of hydrogen-bond acceptors (Lipinski definition) is 8. The van der Waals surface area contributed by atoms with Crippen LogP contribution in [-0.4, -0.2) is 23.9 Å². The molecule has 0 bridgehead atoms. The fourth-order valence-corrected chi connectivity index (χ4v) is 2.11. The third-order valence-corrected chi connectivity index (χ3v) is 3.02. The van der Waals surface area contributed by atoms with Crippen molar-refractivity contribution in [3.05, 3.63) is 46.5 Å². The van der Waals surface area contributed by atoms with Crippen molar-refractivity contribution in [3.8, 4) is 0 Å². The van der Waals surface area contributed by atoms with Crippen molar-refractivity contribution < 1.29 is 245 Å². The summed E-state index contributed by atoms with van der Waals surface area (Å²) in [5.41, 5.74) is -2.93. The zero-order valence-corrected chi connectivity index (χ0v) is 27.1. The van der Waals surface area contributed by atoms with E-state index in [1.54, 1.807) is 0 Å². The van der Waals surface area contributed by atoms with E-state index in [0.29, 0.717) is 0 Å². The molecule has 0 N–H and O–H groups in total. The molecule has 0 saturated heterocycles. The van der Waals surface area contributed by atoms with Crippen LogP contribution in [0.5, 0.6) is 0 Å².